The highest BCUT2D eigenvalue weighted by Gasteiger charge is 2.17. The summed E-state index contributed by atoms with van der Waals surface area (Å²) >= 11 is 0. The Morgan fingerprint density at radius 2 is 1.82 bits per heavy atom. The van der Waals surface area contributed by atoms with Crippen molar-refractivity contribution in [2.24, 2.45) is 0 Å². The second kappa shape index (κ2) is 7.80. The van der Waals surface area contributed by atoms with E-state index in [4.69, 9.17) is 4.74 Å². The van der Waals surface area contributed by atoms with Gasteiger partial charge in [0.15, 0.2) is 0 Å². The van der Waals surface area contributed by atoms with Crippen molar-refractivity contribution in [2.45, 2.75) is 33.2 Å². The predicted molar refractivity (Wildman–Crippen MR) is 69.3 cm³/mol. The quantitative estimate of drug-likeness (QED) is 0.624. The third-order valence-electron chi connectivity index (χ3n) is 3.29. The molecule has 4 nitrogen and oxygen atoms in total. The van der Waals surface area contributed by atoms with Crippen molar-refractivity contribution in [2.75, 3.05) is 45.9 Å². The van der Waals surface area contributed by atoms with Crippen molar-refractivity contribution in [3.63, 3.8) is 0 Å². The number of carbonyl (C=O) groups is 1. The fourth-order valence-corrected chi connectivity index (χ4v) is 2.01. The van der Waals surface area contributed by atoms with Gasteiger partial charge in [-0.25, -0.2) is 0 Å². The highest BCUT2D eigenvalue weighted by molar-refractivity contribution is 5.75. The summed E-state index contributed by atoms with van der Waals surface area (Å²) in [5.41, 5.74) is 0. The van der Waals surface area contributed by atoms with Crippen LogP contribution in [0.2, 0.25) is 0 Å². The first-order valence-corrected chi connectivity index (χ1v) is 6.63. The van der Waals surface area contributed by atoms with Gasteiger partial charge >= 0.3 is 0 Å². The van der Waals surface area contributed by atoms with Gasteiger partial charge in [0, 0.05) is 45.2 Å². The van der Waals surface area contributed by atoms with E-state index in [0.717, 1.165) is 39.3 Å². The number of rotatable bonds is 7. The van der Waals surface area contributed by atoms with Crippen molar-refractivity contribution < 1.29 is 9.53 Å². The Morgan fingerprint density at radius 3 is 2.35 bits per heavy atom. The third kappa shape index (κ3) is 6.15. The van der Waals surface area contributed by atoms with E-state index < -0.39 is 0 Å². The normalized spacial score (nSPS) is 18.8. The van der Waals surface area contributed by atoms with Crippen LogP contribution in [0.15, 0.2) is 0 Å². The Balaban J connectivity index is 2.01. The molecule has 0 amide bonds. The molecule has 0 saturated carbocycles. The highest BCUT2D eigenvalue weighted by Crippen LogP contribution is 2.05. The van der Waals surface area contributed by atoms with Crippen LogP contribution in [0.25, 0.3) is 0 Å². The van der Waals surface area contributed by atoms with E-state index in [0.29, 0.717) is 19.1 Å². The Morgan fingerprint density at radius 1 is 1.18 bits per heavy atom. The van der Waals surface area contributed by atoms with Gasteiger partial charge in [-0.15, -0.1) is 0 Å². The first-order chi connectivity index (χ1) is 8.09. The fourth-order valence-electron chi connectivity index (χ4n) is 2.01. The van der Waals surface area contributed by atoms with Gasteiger partial charge in [0.05, 0.1) is 13.2 Å². The smallest absolute Gasteiger partial charge is 0.132 e. The Bertz CT molecular complexity index is 223. The van der Waals surface area contributed by atoms with Crippen LogP contribution in [-0.2, 0) is 9.53 Å². The molecule has 0 N–H and O–H groups in total. The van der Waals surface area contributed by atoms with Gasteiger partial charge in [0.25, 0.3) is 0 Å². The molecule has 0 aromatic rings. The van der Waals surface area contributed by atoms with E-state index in [2.05, 4.69) is 23.6 Å². The molecule has 0 bridgehead atoms. The number of piperazine rings is 1. The Labute approximate surface area is 105 Å². The average molecular weight is 242 g/mol. The van der Waals surface area contributed by atoms with E-state index >= 15 is 0 Å². The minimum Gasteiger partial charge on any atom is -0.380 e. The molecule has 4 heteroatoms. The third-order valence-corrected chi connectivity index (χ3v) is 3.29. The lowest BCUT2D eigenvalue weighted by molar-refractivity contribution is -0.118. The molecular weight excluding hydrogens is 216 g/mol. The molecule has 0 atom stereocenters. The van der Waals surface area contributed by atoms with E-state index in [-0.39, 0.29) is 5.78 Å². The molecule has 1 fully saturated rings. The number of ketones is 1. The molecular formula is C13H26N2O2. The molecule has 0 radical (unpaired) electrons. The van der Waals surface area contributed by atoms with Gasteiger partial charge in [-0.3, -0.25) is 14.6 Å². The molecule has 17 heavy (non-hydrogen) atoms. The van der Waals surface area contributed by atoms with Crippen LogP contribution < -0.4 is 0 Å². The number of hydrogen-bond donors (Lipinski definition) is 0. The number of nitrogens with zero attached hydrogens (tertiary/aromatic N) is 2. The lowest BCUT2D eigenvalue weighted by Gasteiger charge is -2.36. The summed E-state index contributed by atoms with van der Waals surface area (Å²) in [4.78, 5) is 15.7. The standard InChI is InChI=1S/C13H26N2O2/c1-12(2)15-7-5-14(6-8-15)9-11-17-10-4-13(3)16/h12H,4-11H2,1-3H3. The van der Waals surface area contributed by atoms with Crippen LogP contribution in [0.4, 0.5) is 0 Å². The number of ether oxygens (including phenoxy) is 1. The minimum atomic E-state index is 0.204. The SMILES string of the molecule is CC(=O)CCOCCN1CCN(C(C)C)CC1. The fraction of sp³-hybridized carbons (Fsp3) is 0.923. The number of Topliss-reactive ketones (excluding diaryl/α,β-unsaturated/α-hetero) is 1. The molecule has 0 aromatic carbocycles. The highest BCUT2D eigenvalue weighted by atomic mass is 16.5. The van der Waals surface area contributed by atoms with Crippen LogP contribution in [0, 0.1) is 0 Å². The largest absolute Gasteiger partial charge is 0.380 e. The molecule has 1 saturated heterocycles. The number of carbonyl (C=O) groups excluding carboxylic acids is 1. The van der Waals surface area contributed by atoms with Crippen LogP contribution in [-0.4, -0.2) is 67.6 Å². The zero-order chi connectivity index (χ0) is 12.7. The number of hydrogen-bond acceptors (Lipinski definition) is 4. The molecule has 100 valence electrons. The van der Waals surface area contributed by atoms with E-state index in [9.17, 15) is 4.79 Å². The maximum Gasteiger partial charge on any atom is 0.132 e. The van der Waals surface area contributed by atoms with Gasteiger partial charge in [-0.2, -0.15) is 0 Å². The summed E-state index contributed by atoms with van der Waals surface area (Å²) in [5.74, 6) is 0.204. The second-order valence-corrected chi connectivity index (χ2v) is 5.04. The van der Waals surface area contributed by atoms with Gasteiger partial charge in [-0.1, -0.05) is 0 Å². The maximum absolute atomic E-state index is 10.7. The Hall–Kier alpha value is -0.450. The lowest BCUT2D eigenvalue weighted by atomic mass is 10.2. The van der Waals surface area contributed by atoms with Gasteiger partial charge in [-0.05, 0) is 20.8 Å². The van der Waals surface area contributed by atoms with Gasteiger partial charge < -0.3 is 4.74 Å². The summed E-state index contributed by atoms with van der Waals surface area (Å²) in [7, 11) is 0. The van der Waals surface area contributed by atoms with Crippen molar-refractivity contribution in [1.29, 1.82) is 0 Å². The van der Waals surface area contributed by atoms with Gasteiger partial charge in [0.2, 0.25) is 0 Å². The van der Waals surface area contributed by atoms with Crippen LogP contribution in [0.1, 0.15) is 27.2 Å². The van der Waals surface area contributed by atoms with Crippen molar-refractivity contribution in [1.82, 2.24) is 9.80 Å². The molecule has 1 aliphatic rings. The summed E-state index contributed by atoms with van der Waals surface area (Å²) in [6, 6.07) is 0.656. The zero-order valence-corrected chi connectivity index (χ0v) is 11.4. The topological polar surface area (TPSA) is 32.8 Å². The van der Waals surface area contributed by atoms with E-state index in [1.54, 1.807) is 6.92 Å². The van der Waals surface area contributed by atoms with Crippen LogP contribution in [0.3, 0.4) is 0 Å². The zero-order valence-electron chi connectivity index (χ0n) is 11.4. The monoisotopic (exact) mass is 242 g/mol. The summed E-state index contributed by atoms with van der Waals surface area (Å²) in [6.45, 7) is 13.0. The second-order valence-electron chi connectivity index (χ2n) is 5.04. The Kier molecular flexibility index (Phi) is 6.70. The predicted octanol–water partition coefficient (Wildman–Crippen LogP) is 1.01. The molecule has 1 heterocycles. The molecule has 0 unspecified atom stereocenters. The van der Waals surface area contributed by atoms with Crippen LogP contribution in [0.5, 0.6) is 0 Å². The summed E-state index contributed by atoms with van der Waals surface area (Å²) < 4.78 is 5.45. The molecule has 1 rings (SSSR count). The maximum atomic E-state index is 10.7. The molecule has 0 spiro atoms. The first kappa shape index (κ1) is 14.6. The average Bonchev–Trinajstić information content (AvgIpc) is 2.29. The van der Waals surface area contributed by atoms with Crippen molar-refractivity contribution in [3.8, 4) is 0 Å². The summed E-state index contributed by atoms with van der Waals surface area (Å²) in [5, 5.41) is 0. The van der Waals surface area contributed by atoms with Crippen LogP contribution >= 0.6 is 0 Å². The van der Waals surface area contributed by atoms with Crippen molar-refractivity contribution in [3.05, 3.63) is 0 Å². The first-order valence-electron chi connectivity index (χ1n) is 6.63. The van der Waals surface area contributed by atoms with E-state index in [1.807, 2.05) is 0 Å². The van der Waals surface area contributed by atoms with Crippen molar-refractivity contribution >= 4 is 5.78 Å². The van der Waals surface area contributed by atoms with E-state index in [1.165, 1.54) is 0 Å². The van der Waals surface area contributed by atoms with Gasteiger partial charge in [0.1, 0.15) is 5.78 Å². The minimum absolute atomic E-state index is 0.204. The lowest BCUT2D eigenvalue weighted by Crippen LogP contribution is -2.49. The molecule has 0 aromatic heterocycles. The summed E-state index contributed by atoms with van der Waals surface area (Å²) in [6.07, 6.45) is 0.543. The molecule has 1 aliphatic heterocycles. The molecule has 0 aliphatic carbocycles.